The van der Waals surface area contributed by atoms with Crippen molar-refractivity contribution in [3.63, 3.8) is 0 Å². The van der Waals surface area contributed by atoms with E-state index in [4.69, 9.17) is 4.74 Å². The summed E-state index contributed by atoms with van der Waals surface area (Å²) in [6.07, 6.45) is 5.24. The minimum absolute atomic E-state index is 0.0153. The number of aromatic carboxylic acids is 1. The minimum atomic E-state index is -1.04. The summed E-state index contributed by atoms with van der Waals surface area (Å²) >= 11 is 0. The fourth-order valence-electron chi connectivity index (χ4n) is 6.50. The van der Waals surface area contributed by atoms with Gasteiger partial charge in [0.15, 0.2) is 0 Å². The van der Waals surface area contributed by atoms with Gasteiger partial charge in [-0.1, -0.05) is 13.8 Å². The Kier molecular flexibility index (Phi) is 4.84. The Morgan fingerprint density at radius 2 is 2.10 bits per heavy atom. The van der Waals surface area contributed by atoms with Crippen molar-refractivity contribution in [2.45, 2.75) is 65.1 Å². The summed E-state index contributed by atoms with van der Waals surface area (Å²) in [7, 11) is 0. The lowest BCUT2D eigenvalue weighted by Crippen LogP contribution is -2.60. The lowest BCUT2D eigenvalue weighted by atomic mass is 9.59. The number of aryl methyl sites for hydroxylation is 1. The maximum absolute atomic E-state index is 12.2. The fourth-order valence-corrected chi connectivity index (χ4v) is 6.50. The molecule has 7 heteroatoms. The van der Waals surface area contributed by atoms with Gasteiger partial charge in [0.2, 0.25) is 5.91 Å². The summed E-state index contributed by atoms with van der Waals surface area (Å²) in [5.74, 6) is -0.125. The van der Waals surface area contributed by atoms with E-state index < -0.39 is 5.97 Å². The van der Waals surface area contributed by atoms with Gasteiger partial charge in [-0.3, -0.25) is 9.59 Å². The van der Waals surface area contributed by atoms with Crippen LogP contribution in [0.5, 0.6) is 0 Å². The number of carbonyl (C=O) groups is 2. The van der Waals surface area contributed by atoms with Crippen molar-refractivity contribution in [1.29, 1.82) is 0 Å². The highest BCUT2D eigenvalue weighted by molar-refractivity contribution is 5.87. The van der Waals surface area contributed by atoms with Crippen LogP contribution in [0.3, 0.4) is 0 Å². The summed E-state index contributed by atoms with van der Waals surface area (Å²) in [6, 6.07) is 2.78. The molecule has 1 amide bonds. The van der Waals surface area contributed by atoms with E-state index >= 15 is 0 Å². The number of carbonyl (C=O) groups excluding carboxylic acids is 1. The first-order valence-corrected chi connectivity index (χ1v) is 10.5. The van der Waals surface area contributed by atoms with Crippen LogP contribution in [-0.2, 0) is 16.1 Å². The Bertz CT molecular complexity index is 891. The minimum Gasteiger partial charge on any atom is -0.478 e. The maximum atomic E-state index is 12.2. The highest BCUT2D eigenvalue weighted by Crippen LogP contribution is 2.68. The second-order valence-corrected chi connectivity index (χ2v) is 9.63. The summed E-state index contributed by atoms with van der Waals surface area (Å²) in [4.78, 5) is 35.3. The van der Waals surface area contributed by atoms with Crippen molar-refractivity contribution < 1.29 is 19.4 Å². The van der Waals surface area contributed by atoms with Gasteiger partial charge >= 0.3 is 5.97 Å². The number of hydrogen-bond donors (Lipinski definition) is 2. The monoisotopic (exact) mass is 402 g/mol. The number of aromatic nitrogens is 1. The molecular weight excluding hydrogens is 372 g/mol. The van der Waals surface area contributed by atoms with Gasteiger partial charge in [0.25, 0.3) is 5.56 Å². The number of carboxylic acid groups (broad SMARTS) is 1. The molecule has 3 fully saturated rings. The number of rotatable bonds is 5. The molecule has 3 aliphatic rings. The zero-order valence-electron chi connectivity index (χ0n) is 17.3. The Balaban J connectivity index is 1.54. The highest BCUT2D eigenvalue weighted by Gasteiger charge is 2.68. The standard InChI is InChI=1S/C22H30N2O5/c1-13(25)23-20-21(2,3)15-10-16-17(29-9-7-22(16,20)11-15)6-8-24-12-14(19(27)28)4-5-18(24)26/h4-5,12,15-17,20H,6-11H2,1-3H3,(H,23,25)(H,27,28)/t15-,16-,17-,20-,22-/m1/s1. The van der Waals surface area contributed by atoms with Crippen LogP contribution < -0.4 is 10.9 Å². The molecule has 0 unspecified atom stereocenters. The topological polar surface area (TPSA) is 97.6 Å². The van der Waals surface area contributed by atoms with Gasteiger partial charge in [0.05, 0.1) is 11.7 Å². The molecule has 2 N–H and O–H groups in total. The summed E-state index contributed by atoms with van der Waals surface area (Å²) in [5, 5.41) is 12.4. The predicted molar refractivity (Wildman–Crippen MR) is 107 cm³/mol. The van der Waals surface area contributed by atoms with Crippen molar-refractivity contribution in [2.75, 3.05) is 6.61 Å². The van der Waals surface area contributed by atoms with Gasteiger partial charge in [-0.2, -0.15) is 0 Å². The molecule has 0 radical (unpaired) electrons. The predicted octanol–water partition coefficient (Wildman–Crippen LogP) is 2.28. The van der Waals surface area contributed by atoms with Crippen LogP contribution >= 0.6 is 0 Å². The van der Waals surface area contributed by atoms with Gasteiger partial charge < -0.3 is 19.7 Å². The Morgan fingerprint density at radius 1 is 1.34 bits per heavy atom. The quantitative estimate of drug-likeness (QED) is 0.788. The zero-order valence-corrected chi connectivity index (χ0v) is 17.3. The number of pyridine rings is 1. The fraction of sp³-hybridized carbons (Fsp3) is 0.682. The molecule has 1 aliphatic heterocycles. The first kappa shape index (κ1) is 20.1. The van der Waals surface area contributed by atoms with E-state index in [1.54, 1.807) is 6.92 Å². The average molecular weight is 402 g/mol. The van der Waals surface area contributed by atoms with Crippen molar-refractivity contribution >= 4 is 11.9 Å². The second-order valence-electron chi connectivity index (χ2n) is 9.63. The number of nitrogens with zero attached hydrogens (tertiary/aromatic N) is 1. The second kappa shape index (κ2) is 6.97. The average Bonchev–Trinajstić information content (AvgIpc) is 3.14. The van der Waals surface area contributed by atoms with Crippen LogP contribution in [0.25, 0.3) is 0 Å². The van der Waals surface area contributed by atoms with Gasteiger partial charge in [-0.15, -0.1) is 0 Å². The van der Waals surface area contributed by atoms with Crippen LogP contribution in [0, 0.1) is 22.7 Å². The van der Waals surface area contributed by atoms with E-state index in [1.807, 2.05) is 0 Å². The molecule has 29 heavy (non-hydrogen) atoms. The van der Waals surface area contributed by atoms with Gasteiger partial charge in [0.1, 0.15) is 0 Å². The Labute approximate surface area is 170 Å². The SMILES string of the molecule is CC(=O)N[C@@H]1C(C)(C)[C@@H]2C[C@@H]3[C@@H](CCn4cc(C(=O)O)ccc4=O)OCC[C@@]31C2. The molecule has 1 aromatic rings. The first-order chi connectivity index (χ1) is 13.6. The molecule has 158 valence electrons. The van der Waals surface area contributed by atoms with E-state index in [0.717, 1.165) is 19.3 Å². The van der Waals surface area contributed by atoms with E-state index in [-0.39, 0.29) is 40.0 Å². The first-order valence-electron chi connectivity index (χ1n) is 10.5. The molecule has 1 spiro atoms. The molecule has 2 bridgehead atoms. The largest absolute Gasteiger partial charge is 0.478 e. The number of ether oxygens (including phenoxy) is 1. The molecule has 5 atom stereocenters. The molecule has 2 heterocycles. The zero-order chi connectivity index (χ0) is 21.0. The normalized spacial score (nSPS) is 34.6. The molecule has 2 aliphatic carbocycles. The number of fused-ring (bicyclic) bond motifs is 1. The van der Waals surface area contributed by atoms with Crippen LogP contribution in [0.2, 0.25) is 0 Å². The third kappa shape index (κ3) is 3.19. The van der Waals surface area contributed by atoms with Crippen molar-refractivity contribution in [3.8, 4) is 0 Å². The molecule has 1 saturated heterocycles. The number of carboxylic acids is 1. The van der Waals surface area contributed by atoms with Crippen molar-refractivity contribution in [1.82, 2.24) is 9.88 Å². The Morgan fingerprint density at radius 3 is 2.79 bits per heavy atom. The van der Waals surface area contributed by atoms with Gasteiger partial charge in [0, 0.05) is 38.4 Å². The van der Waals surface area contributed by atoms with E-state index in [2.05, 4.69) is 19.2 Å². The molecule has 7 nitrogen and oxygen atoms in total. The number of amides is 1. The van der Waals surface area contributed by atoms with Crippen LogP contribution in [0.4, 0.5) is 0 Å². The van der Waals surface area contributed by atoms with Gasteiger partial charge in [-0.25, -0.2) is 4.79 Å². The van der Waals surface area contributed by atoms with Crippen molar-refractivity contribution in [2.24, 2.45) is 22.7 Å². The lowest BCUT2D eigenvalue weighted by molar-refractivity contribution is -0.136. The number of nitrogens with one attached hydrogen (secondary N) is 1. The highest BCUT2D eigenvalue weighted by atomic mass is 16.5. The molecular formula is C22H30N2O5. The Hall–Kier alpha value is -2.15. The molecule has 2 saturated carbocycles. The summed E-state index contributed by atoms with van der Waals surface area (Å²) in [5.41, 5.74) is 0.0247. The molecule has 4 rings (SSSR count). The third-order valence-electron chi connectivity index (χ3n) is 7.86. The van der Waals surface area contributed by atoms with Crippen molar-refractivity contribution in [3.05, 3.63) is 34.2 Å². The van der Waals surface area contributed by atoms with E-state index in [1.165, 1.54) is 22.9 Å². The molecule has 0 aromatic carbocycles. The maximum Gasteiger partial charge on any atom is 0.337 e. The number of hydrogen-bond acceptors (Lipinski definition) is 4. The van der Waals surface area contributed by atoms with Crippen LogP contribution in [0.1, 0.15) is 56.8 Å². The van der Waals surface area contributed by atoms with E-state index in [9.17, 15) is 19.5 Å². The molecule has 1 aromatic heterocycles. The smallest absolute Gasteiger partial charge is 0.337 e. The van der Waals surface area contributed by atoms with Gasteiger partial charge in [-0.05, 0) is 54.4 Å². The summed E-state index contributed by atoms with van der Waals surface area (Å²) < 4.78 is 7.62. The lowest BCUT2D eigenvalue weighted by Gasteiger charge is -2.53. The third-order valence-corrected chi connectivity index (χ3v) is 7.86. The van der Waals surface area contributed by atoms with E-state index in [0.29, 0.717) is 31.4 Å². The van der Waals surface area contributed by atoms with Crippen LogP contribution in [-0.4, -0.2) is 40.3 Å². The summed E-state index contributed by atoms with van der Waals surface area (Å²) in [6.45, 7) is 7.21. The van der Waals surface area contributed by atoms with Crippen LogP contribution in [0.15, 0.2) is 23.1 Å².